The molecule has 5 nitrogen and oxygen atoms in total. The van der Waals surface area contributed by atoms with Crippen LogP contribution in [0.2, 0.25) is 0 Å². The minimum Gasteiger partial charge on any atom is -0.494 e. The molecule has 0 unspecified atom stereocenters. The van der Waals surface area contributed by atoms with Gasteiger partial charge < -0.3 is 14.8 Å². The summed E-state index contributed by atoms with van der Waals surface area (Å²) < 4.78 is 9.95. The fraction of sp³-hybridized carbons (Fsp3) is 0.636. The monoisotopic (exact) mass is 225 g/mol. The molecule has 0 radical (unpaired) electrons. The third-order valence-electron chi connectivity index (χ3n) is 2.17. The Kier molecular flexibility index (Phi) is 6.25. The van der Waals surface area contributed by atoms with Crippen LogP contribution in [0.1, 0.15) is 19.3 Å². The number of ether oxygens (including phenoxy) is 2. The third-order valence-corrected chi connectivity index (χ3v) is 2.17. The van der Waals surface area contributed by atoms with E-state index in [4.69, 9.17) is 9.47 Å². The van der Waals surface area contributed by atoms with Gasteiger partial charge >= 0.3 is 0 Å². The van der Waals surface area contributed by atoms with E-state index in [0.29, 0.717) is 11.7 Å². The van der Waals surface area contributed by atoms with Crippen molar-refractivity contribution in [3.05, 3.63) is 12.4 Å². The number of anilines is 1. The first-order chi connectivity index (χ1) is 7.86. The zero-order valence-electron chi connectivity index (χ0n) is 9.90. The van der Waals surface area contributed by atoms with Crippen LogP contribution in [0.3, 0.4) is 0 Å². The number of nitrogens with one attached hydrogen (secondary N) is 1. The highest BCUT2D eigenvalue weighted by Crippen LogP contribution is 2.07. The summed E-state index contributed by atoms with van der Waals surface area (Å²) in [6.45, 7) is 1.72. The standard InChI is InChI=1S/C11H19N3O2/c1-15-7-5-3-4-6-12-11-13-8-10(16-2)9-14-11/h8-9H,3-7H2,1-2H3,(H,12,13,14). The van der Waals surface area contributed by atoms with Crippen LogP contribution >= 0.6 is 0 Å². The second kappa shape index (κ2) is 7.87. The quantitative estimate of drug-likeness (QED) is 0.683. The molecule has 0 amide bonds. The molecule has 0 saturated carbocycles. The van der Waals surface area contributed by atoms with Gasteiger partial charge in [-0.05, 0) is 19.3 Å². The number of aromatic nitrogens is 2. The molecule has 1 rings (SSSR count). The maximum Gasteiger partial charge on any atom is 0.222 e. The fourth-order valence-corrected chi connectivity index (χ4v) is 1.26. The van der Waals surface area contributed by atoms with Crippen molar-refractivity contribution in [3.63, 3.8) is 0 Å². The summed E-state index contributed by atoms with van der Waals surface area (Å²) in [6, 6.07) is 0. The second-order valence-corrected chi connectivity index (χ2v) is 3.43. The number of hydrogen-bond acceptors (Lipinski definition) is 5. The number of hydrogen-bond donors (Lipinski definition) is 1. The van der Waals surface area contributed by atoms with E-state index in [2.05, 4.69) is 15.3 Å². The lowest BCUT2D eigenvalue weighted by molar-refractivity contribution is 0.192. The third kappa shape index (κ3) is 4.93. The van der Waals surface area contributed by atoms with Gasteiger partial charge in [0, 0.05) is 20.3 Å². The molecule has 0 aromatic carbocycles. The van der Waals surface area contributed by atoms with Crippen LogP contribution in [-0.2, 0) is 4.74 Å². The fourth-order valence-electron chi connectivity index (χ4n) is 1.26. The Balaban J connectivity index is 2.12. The van der Waals surface area contributed by atoms with Gasteiger partial charge in [0.05, 0.1) is 19.5 Å². The minimum absolute atomic E-state index is 0.646. The van der Waals surface area contributed by atoms with Gasteiger partial charge in [-0.25, -0.2) is 9.97 Å². The molecule has 0 aliphatic carbocycles. The molecule has 1 aromatic rings. The minimum atomic E-state index is 0.646. The van der Waals surface area contributed by atoms with Crippen LogP contribution in [0.4, 0.5) is 5.95 Å². The van der Waals surface area contributed by atoms with Crippen LogP contribution in [0, 0.1) is 0 Å². The van der Waals surface area contributed by atoms with E-state index in [-0.39, 0.29) is 0 Å². The Bertz CT molecular complexity index is 277. The van der Waals surface area contributed by atoms with Gasteiger partial charge in [-0.15, -0.1) is 0 Å². The molecular weight excluding hydrogens is 206 g/mol. The zero-order valence-corrected chi connectivity index (χ0v) is 9.90. The first-order valence-corrected chi connectivity index (χ1v) is 5.45. The molecule has 0 bridgehead atoms. The molecule has 90 valence electrons. The Morgan fingerprint density at radius 2 is 1.88 bits per heavy atom. The average molecular weight is 225 g/mol. The summed E-state index contributed by atoms with van der Waals surface area (Å²) in [7, 11) is 3.32. The predicted molar refractivity (Wildman–Crippen MR) is 62.8 cm³/mol. The maximum absolute atomic E-state index is 4.97. The van der Waals surface area contributed by atoms with Crippen molar-refractivity contribution in [1.29, 1.82) is 0 Å². The van der Waals surface area contributed by atoms with Crippen molar-refractivity contribution in [1.82, 2.24) is 9.97 Å². The lowest BCUT2D eigenvalue weighted by Gasteiger charge is -2.04. The Hall–Kier alpha value is -1.36. The van der Waals surface area contributed by atoms with E-state index in [1.807, 2.05) is 0 Å². The van der Waals surface area contributed by atoms with Gasteiger partial charge in [-0.1, -0.05) is 0 Å². The smallest absolute Gasteiger partial charge is 0.222 e. The highest BCUT2D eigenvalue weighted by atomic mass is 16.5. The molecule has 1 aromatic heterocycles. The van der Waals surface area contributed by atoms with Crippen LogP contribution in [-0.4, -0.2) is 37.3 Å². The van der Waals surface area contributed by atoms with Crippen molar-refractivity contribution >= 4 is 5.95 Å². The molecule has 5 heteroatoms. The van der Waals surface area contributed by atoms with E-state index >= 15 is 0 Å². The molecule has 0 aliphatic heterocycles. The van der Waals surface area contributed by atoms with Gasteiger partial charge in [0.1, 0.15) is 0 Å². The largest absolute Gasteiger partial charge is 0.494 e. The van der Waals surface area contributed by atoms with Gasteiger partial charge in [-0.3, -0.25) is 0 Å². The average Bonchev–Trinajstić information content (AvgIpc) is 2.34. The van der Waals surface area contributed by atoms with Gasteiger partial charge in [0.25, 0.3) is 0 Å². The second-order valence-electron chi connectivity index (χ2n) is 3.43. The van der Waals surface area contributed by atoms with E-state index in [0.717, 1.165) is 32.4 Å². The van der Waals surface area contributed by atoms with Crippen LogP contribution in [0.15, 0.2) is 12.4 Å². The van der Waals surface area contributed by atoms with Crippen molar-refractivity contribution < 1.29 is 9.47 Å². The van der Waals surface area contributed by atoms with Gasteiger partial charge in [0.15, 0.2) is 5.75 Å². The van der Waals surface area contributed by atoms with Crippen LogP contribution in [0.25, 0.3) is 0 Å². The van der Waals surface area contributed by atoms with Gasteiger partial charge in [-0.2, -0.15) is 0 Å². The SMILES string of the molecule is COCCCCCNc1ncc(OC)cn1. The summed E-state index contributed by atoms with van der Waals surface area (Å²) in [4.78, 5) is 8.22. The lowest BCUT2D eigenvalue weighted by atomic mass is 10.2. The van der Waals surface area contributed by atoms with Crippen molar-refractivity contribution in [2.45, 2.75) is 19.3 Å². The lowest BCUT2D eigenvalue weighted by Crippen LogP contribution is -2.05. The Labute approximate surface area is 96.2 Å². The van der Waals surface area contributed by atoms with E-state index in [9.17, 15) is 0 Å². The summed E-state index contributed by atoms with van der Waals surface area (Å²) in [5.41, 5.74) is 0. The molecule has 0 aliphatic rings. The summed E-state index contributed by atoms with van der Waals surface area (Å²) >= 11 is 0. The molecule has 0 saturated heterocycles. The first kappa shape index (κ1) is 12.7. The van der Waals surface area contributed by atoms with Crippen molar-refractivity contribution in [3.8, 4) is 5.75 Å². The number of rotatable bonds is 8. The molecule has 0 fully saturated rings. The Morgan fingerprint density at radius 3 is 2.50 bits per heavy atom. The normalized spacial score (nSPS) is 10.1. The highest BCUT2D eigenvalue weighted by molar-refractivity contribution is 5.26. The predicted octanol–water partition coefficient (Wildman–Crippen LogP) is 1.71. The van der Waals surface area contributed by atoms with Crippen molar-refractivity contribution in [2.24, 2.45) is 0 Å². The van der Waals surface area contributed by atoms with Crippen LogP contribution < -0.4 is 10.1 Å². The molecule has 16 heavy (non-hydrogen) atoms. The zero-order chi connectivity index (χ0) is 11.6. The molecule has 0 atom stereocenters. The molecule has 1 heterocycles. The van der Waals surface area contributed by atoms with E-state index in [1.54, 1.807) is 26.6 Å². The van der Waals surface area contributed by atoms with E-state index in [1.165, 1.54) is 0 Å². The maximum atomic E-state index is 4.97. The summed E-state index contributed by atoms with van der Waals surface area (Å²) in [6.07, 6.45) is 6.65. The molecular formula is C11H19N3O2. The first-order valence-electron chi connectivity index (χ1n) is 5.45. The molecule has 0 spiro atoms. The van der Waals surface area contributed by atoms with Crippen molar-refractivity contribution in [2.75, 3.05) is 32.7 Å². The highest BCUT2D eigenvalue weighted by Gasteiger charge is 1.96. The summed E-state index contributed by atoms with van der Waals surface area (Å²) in [5, 5.41) is 3.15. The van der Waals surface area contributed by atoms with E-state index < -0.39 is 0 Å². The summed E-state index contributed by atoms with van der Waals surface area (Å²) in [5.74, 6) is 1.32. The topological polar surface area (TPSA) is 56.3 Å². The van der Waals surface area contributed by atoms with Gasteiger partial charge in [0.2, 0.25) is 5.95 Å². The Morgan fingerprint density at radius 1 is 1.12 bits per heavy atom. The number of unbranched alkanes of at least 4 members (excludes halogenated alkanes) is 2. The molecule has 1 N–H and O–H groups in total. The number of nitrogens with zero attached hydrogens (tertiary/aromatic N) is 2. The van der Waals surface area contributed by atoms with Crippen LogP contribution in [0.5, 0.6) is 5.75 Å². The number of methoxy groups -OCH3 is 2.